The Labute approximate surface area is 178 Å². The van der Waals surface area contributed by atoms with Gasteiger partial charge in [-0.2, -0.15) is 0 Å². The molecule has 5 rings (SSSR count). The normalized spacial score (nSPS) is 18.9. The van der Waals surface area contributed by atoms with Crippen LogP contribution in [0, 0.1) is 18.6 Å². The highest BCUT2D eigenvalue weighted by molar-refractivity contribution is 5.94. The van der Waals surface area contributed by atoms with Crippen molar-refractivity contribution >= 4 is 5.91 Å². The van der Waals surface area contributed by atoms with Crippen LogP contribution < -0.4 is 0 Å². The fraction of sp³-hybridized carbons (Fsp3) is 0.391. The molecule has 31 heavy (non-hydrogen) atoms. The Morgan fingerprint density at radius 1 is 1.16 bits per heavy atom. The first-order valence-corrected chi connectivity index (χ1v) is 10.5. The highest BCUT2D eigenvalue weighted by Crippen LogP contribution is 2.40. The van der Waals surface area contributed by atoms with Crippen LogP contribution >= 0.6 is 0 Å². The predicted octanol–water partition coefficient (Wildman–Crippen LogP) is 4.62. The maximum Gasteiger partial charge on any atom is 0.256 e. The van der Waals surface area contributed by atoms with Crippen LogP contribution in [0.25, 0.3) is 11.3 Å². The lowest BCUT2D eigenvalue weighted by atomic mass is 9.90. The number of carbonyl (C=O) groups is 1. The summed E-state index contributed by atoms with van der Waals surface area (Å²) in [5, 5.41) is 3.98. The van der Waals surface area contributed by atoms with Crippen molar-refractivity contribution in [3.05, 3.63) is 64.9 Å². The van der Waals surface area contributed by atoms with Crippen LogP contribution in [0.5, 0.6) is 0 Å². The molecule has 1 atom stereocenters. The Kier molecular flexibility index (Phi) is 5.00. The summed E-state index contributed by atoms with van der Waals surface area (Å²) < 4.78 is 32.9. The van der Waals surface area contributed by atoms with Crippen molar-refractivity contribution in [3.8, 4) is 11.3 Å². The van der Waals surface area contributed by atoms with Gasteiger partial charge in [0.2, 0.25) is 0 Å². The van der Waals surface area contributed by atoms with Gasteiger partial charge in [0.25, 0.3) is 5.91 Å². The zero-order valence-corrected chi connectivity index (χ0v) is 17.1. The van der Waals surface area contributed by atoms with E-state index in [-0.39, 0.29) is 11.5 Å². The van der Waals surface area contributed by atoms with Gasteiger partial charge in [0.1, 0.15) is 17.5 Å². The van der Waals surface area contributed by atoms with Crippen molar-refractivity contribution in [2.45, 2.75) is 44.4 Å². The summed E-state index contributed by atoms with van der Waals surface area (Å²) in [5.74, 6) is -0.211. The third-order valence-electron chi connectivity index (χ3n) is 5.93. The van der Waals surface area contributed by atoms with E-state index in [2.05, 4.69) is 10.1 Å². The van der Waals surface area contributed by atoms with Gasteiger partial charge in [-0.05, 0) is 44.7 Å². The minimum atomic E-state index is -0.844. The summed E-state index contributed by atoms with van der Waals surface area (Å²) in [5.41, 5.74) is 2.26. The SMILES string of the molecule is Cc1cc(-c2cnc(C3CC3)nc2C2CCCN(C(=O)c3ccc(F)cc3F)C2)on1. The molecule has 1 aromatic carbocycles. The fourth-order valence-corrected chi connectivity index (χ4v) is 4.16. The Morgan fingerprint density at radius 3 is 2.71 bits per heavy atom. The molecular weight excluding hydrogens is 402 g/mol. The smallest absolute Gasteiger partial charge is 0.256 e. The quantitative estimate of drug-likeness (QED) is 0.611. The van der Waals surface area contributed by atoms with Crippen molar-refractivity contribution in [2.24, 2.45) is 0 Å². The number of aryl methyl sites for hydroxylation is 1. The summed E-state index contributed by atoms with van der Waals surface area (Å²) in [4.78, 5) is 24.0. The van der Waals surface area contributed by atoms with E-state index in [1.54, 1.807) is 11.1 Å². The van der Waals surface area contributed by atoms with E-state index >= 15 is 0 Å². The van der Waals surface area contributed by atoms with Crippen molar-refractivity contribution in [1.82, 2.24) is 20.0 Å². The van der Waals surface area contributed by atoms with Gasteiger partial charge in [-0.25, -0.2) is 18.7 Å². The lowest BCUT2D eigenvalue weighted by Gasteiger charge is -2.33. The number of piperidine rings is 1. The molecule has 0 N–H and O–H groups in total. The molecule has 1 amide bonds. The van der Waals surface area contributed by atoms with Gasteiger partial charge >= 0.3 is 0 Å². The Balaban J connectivity index is 1.46. The van der Waals surface area contributed by atoms with Gasteiger partial charge in [-0.15, -0.1) is 0 Å². The number of halogens is 2. The number of amides is 1. The molecule has 1 unspecified atom stereocenters. The Bertz CT molecular complexity index is 1140. The molecule has 6 nitrogen and oxygen atoms in total. The summed E-state index contributed by atoms with van der Waals surface area (Å²) in [6, 6.07) is 4.90. The molecule has 8 heteroatoms. The number of rotatable bonds is 4. The molecule has 2 aromatic heterocycles. The van der Waals surface area contributed by atoms with Crippen molar-refractivity contribution in [3.63, 3.8) is 0 Å². The van der Waals surface area contributed by atoms with Gasteiger partial charge in [0.15, 0.2) is 5.76 Å². The number of nitrogens with zero attached hydrogens (tertiary/aromatic N) is 4. The monoisotopic (exact) mass is 424 g/mol. The maximum atomic E-state index is 14.2. The lowest BCUT2D eigenvalue weighted by Crippen LogP contribution is -2.40. The predicted molar refractivity (Wildman–Crippen MR) is 108 cm³/mol. The average Bonchev–Trinajstić information content (AvgIpc) is 3.54. The molecular formula is C23H22F2N4O2. The molecule has 1 saturated heterocycles. The van der Waals surface area contributed by atoms with Crippen molar-refractivity contribution in [2.75, 3.05) is 13.1 Å². The summed E-state index contributed by atoms with van der Waals surface area (Å²) in [7, 11) is 0. The number of benzene rings is 1. The molecule has 3 heterocycles. The van der Waals surface area contributed by atoms with Crippen LogP contribution in [0.15, 0.2) is 35.0 Å². The number of aromatic nitrogens is 3. The molecule has 2 aliphatic rings. The number of hydrogen-bond acceptors (Lipinski definition) is 5. The molecule has 0 spiro atoms. The van der Waals surface area contributed by atoms with E-state index in [9.17, 15) is 13.6 Å². The van der Waals surface area contributed by atoms with Gasteiger partial charge in [0.05, 0.1) is 22.5 Å². The van der Waals surface area contributed by atoms with Crippen molar-refractivity contribution < 1.29 is 18.1 Å². The molecule has 160 valence electrons. The van der Waals surface area contributed by atoms with Crippen LogP contribution in [-0.4, -0.2) is 39.0 Å². The third kappa shape index (κ3) is 3.94. The summed E-state index contributed by atoms with van der Waals surface area (Å²) in [6.45, 7) is 2.77. The van der Waals surface area contributed by atoms with Crippen LogP contribution in [0.2, 0.25) is 0 Å². The molecule has 0 radical (unpaired) electrons. The molecule has 3 aromatic rings. The number of carbonyl (C=O) groups excluding carboxylic acids is 1. The zero-order valence-electron chi connectivity index (χ0n) is 17.1. The summed E-state index contributed by atoms with van der Waals surface area (Å²) in [6.07, 6.45) is 5.56. The average molecular weight is 424 g/mol. The van der Waals surface area contributed by atoms with E-state index in [4.69, 9.17) is 9.51 Å². The second-order valence-corrected chi connectivity index (χ2v) is 8.35. The van der Waals surface area contributed by atoms with Gasteiger partial charge in [-0.1, -0.05) is 5.16 Å². The maximum absolute atomic E-state index is 14.2. The number of likely N-dealkylation sites (tertiary alicyclic amines) is 1. The molecule has 1 aliphatic carbocycles. The Hall–Kier alpha value is -3.16. The summed E-state index contributed by atoms with van der Waals surface area (Å²) >= 11 is 0. The number of hydrogen-bond donors (Lipinski definition) is 0. The van der Waals surface area contributed by atoms with Gasteiger partial charge in [0, 0.05) is 43.3 Å². The van der Waals surface area contributed by atoms with E-state index in [0.717, 1.165) is 60.6 Å². The van der Waals surface area contributed by atoms with E-state index < -0.39 is 17.5 Å². The van der Waals surface area contributed by atoms with E-state index in [0.29, 0.717) is 24.8 Å². The van der Waals surface area contributed by atoms with Crippen LogP contribution in [0.4, 0.5) is 8.78 Å². The van der Waals surface area contributed by atoms with Crippen LogP contribution in [-0.2, 0) is 0 Å². The molecule has 0 bridgehead atoms. The largest absolute Gasteiger partial charge is 0.356 e. The Morgan fingerprint density at radius 2 is 2.00 bits per heavy atom. The third-order valence-corrected chi connectivity index (χ3v) is 5.93. The first-order valence-electron chi connectivity index (χ1n) is 10.5. The molecule has 1 saturated carbocycles. The topological polar surface area (TPSA) is 72.1 Å². The second kappa shape index (κ2) is 7.83. The minimum absolute atomic E-state index is 0.0397. The zero-order chi connectivity index (χ0) is 21.5. The van der Waals surface area contributed by atoms with Crippen LogP contribution in [0.3, 0.4) is 0 Å². The van der Waals surface area contributed by atoms with Crippen molar-refractivity contribution in [1.29, 1.82) is 0 Å². The van der Waals surface area contributed by atoms with E-state index in [1.165, 1.54) is 6.07 Å². The molecule has 2 fully saturated rings. The van der Waals surface area contributed by atoms with Gasteiger partial charge < -0.3 is 9.42 Å². The van der Waals surface area contributed by atoms with Gasteiger partial charge in [-0.3, -0.25) is 4.79 Å². The standard InChI is InChI=1S/C23H22F2N4O2/c1-13-9-20(31-28-13)18-11-26-22(14-4-5-14)27-21(18)15-3-2-8-29(12-15)23(30)17-7-6-16(24)10-19(17)25/h6-7,9-11,14-15H,2-5,8,12H2,1H3. The first-order chi connectivity index (χ1) is 15.0. The van der Waals surface area contributed by atoms with Crippen LogP contribution in [0.1, 0.15) is 65.1 Å². The highest BCUT2D eigenvalue weighted by Gasteiger charge is 2.33. The highest BCUT2D eigenvalue weighted by atomic mass is 19.1. The molecule has 1 aliphatic heterocycles. The minimum Gasteiger partial charge on any atom is -0.356 e. The second-order valence-electron chi connectivity index (χ2n) is 8.35. The lowest BCUT2D eigenvalue weighted by molar-refractivity contribution is 0.0701. The van der Waals surface area contributed by atoms with E-state index in [1.807, 2.05) is 13.0 Å². The first kappa shape index (κ1) is 19.8. The fourth-order valence-electron chi connectivity index (χ4n) is 4.16.